The molecule has 0 heterocycles. The zero-order chi connectivity index (χ0) is 12.5. The van der Waals surface area contributed by atoms with E-state index in [1.54, 1.807) is 22.6 Å². The topological polar surface area (TPSA) is 17.1 Å². The molecule has 0 aliphatic heterocycles. The fourth-order valence-electron chi connectivity index (χ4n) is 1.15. The van der Waals surface area contributed by atoms with Gasteiger partial charge in [-0.25, -0.2) is 0 Å². The van der Waals surface area contributed by atoms with Gasteiger partial charge in [0.05, 0.1) is 16.5 Å². The van der Waals surface area contributed by atoms with E-state index in [9.17, 15) is 18.0 Å². The Hall–Kier alpha value is -0.0100. The molecule has 0 N–H and O–H groups in total. The number of ketones is 1. The number of Topliss-reactive ketones (excluding diaryl/α,β-unsaturated/α-hetero) is 1. The molecule has 0 amide bonds. The molecule has 0 unspecified atom stereocenters. The van der Waals surface area contributed by atoms with E-state index in [2.05, 4.69) is 0 Å². The van der Waals surface area contributed by atoms with Gasteiger partial charge in [-0.1, -0.05) is 11.6 Å². The van der Waals surface area contributed by atoms with Crippen LogP contribution in [0.1, 0.15) is 15.9 Å². The van der Waals surface area contributed by atoms with Crippen LogP contribution >= 0.6 is 45.8 Å². The SMILES string of the molecule is O=C(CCl)c1cc(I)cc(Cl)c1C(F)(F)F. The second kappa shape index (κ2) is 5.10. The molecule has 0 fully saturated rings. The van der Waals surface area contributed by atoms with Crippen molar-refractivity contribution in [3.8, 4) is 0 Å². The Labute approximate surface area is 113 Å². The van der Waals surface area contributed by atoms with Crippen LogP contribution in [0.2, 0.25) is 5.02 Å². The first-order valence-electron chi connectivity index (χ1n) is 3.92. The molecule has 16 heavy (non-hydrogen) atoms. The lowest BCUT2D eigenvalue weighted by Gasteiger charge is -2.13. The first-order valence-corrected chi connectivity index (χ1v) is 5.92. The van der Waals surface area contributed by atoms with E-state index in [-0.39, 0.29) is 0 Å². The Morgan fingerprint density at radius 1 is 1.38 bits per heavy atom. The molecule has 0 atom stereocenters. The molecule has 0 aliphatic rings. The van der Waals surface area contributed by atoms with Crippen LogP contribution in [0.4, 0.5) is 13.2 Å². The second-order valence-electron chi connectivity index (χ2n) is 2.86. The Morgan fingerprint density at radius 2 is 1.94 bits per heavy atom. The molecular weight excluding hydrogens is 379 g/mol. The van der Waals surface area contributed by atoms with Crippen LogP contribution in [0.15, 0.2) is 12.1 Å². The van der Waals surface area contributed by atoms with E-state index >= 15 is 0 Å². The van der Waals surface area contributed by atoms with Crippen molar-refractivity contribution in [1.82, 2.24) is 0 Å². The Bertz CT molecular complexity index is 431. The van der Waals surface area contributed by atoms with Crippen molar-refractivity contribution in [2.75, 3.05) is 5.88 Å². The normalized spacial score (nSPS) is 11.6. The standard InChI is InChI=1S/C9H4Cl2F3IO/c10-3-7(16)5-1-4(15)2-6(11)8(5)9(12,13)14/h1-2H,3H2. The summed E-state index contributed by atoms with van der Waals surface area (Å²) in [4.78, 5) is 11.3. The third kappa shape index (κ3) is 3.01. The quantitative estimate of drug-likeness (QED) is 0.421. The fourth-order valence-corrected chi connectivity index (χ4v) is 2.43. The molecule has 0 radical (unpaired) electrons. The summed E-state index contributed by atoms with van der Waals surface area (Å²) >= 11 is 12.5. The first-order chi connectivity index (χ1) is 7.27. The van der Waals surface area contributed by atoms with E-state index in [0.29, 0.717) is 3.57 Å². The van der Waals surface area contributed by atoms with Gasteiger partial charge < -0.3 is 0 Å². The highest BCUT2D eigenvalue weighted by Gasteiger charge is 2.37. The molecule has 0 saturated heterocycles. The monoisotopic (exact) mass is 382 g/mol. The molecule has 0 spiro atoms. The lowest BCUT2D eigenvalue weighted by Crippen LogP contribution is -2.15. The number of rotatable bonds is 2. The molecule has 0 bridgehead atoms. The molecule has 1 rings (SSSR count). The molecule has 88 valence electrons. The van der Waals surface area contributed by atoms with Gasteiger partial charge in [0.1, 0.15) is 0 Å². The van der Waals surface area contributed by atoms with Gasteiger partial charge in [-0.05, 0) is 34.7 Å². The van der Waals surface area contributed by atoms with Crippen LogP contribution in [-0.2, 0) is 6.18 Å². The van der Waals surface area contributed by atoms with Gasteiger partial charge in [-0.3, -0.25) is 4.79 Å². The number of hydrogen-bond acceptors (Lipinski definition) is 1. The van der Waals surface area contributed by atoms with Crippen LogP contribution < -0.4 is 0 Å². The average Bonchev–Trinajstić information content (AvgIpc) is 2.12. The average molecular weight is 383 g/mol. The fraction of sp³-hybridized carbons (Fsp3) is 0.222. The van der Waals surface area contributed by atoms with E-state index in [0.717, 1.165) is 12.1 Å². The summed E-state index contributed by atoms with van der Waals surface area (Å²) in [6.07, 6.45) is -4.67. The predicted molar refractivity (Wildman–Crippen MR) is 64.2 cm³/mol. The molecule has 0 aromatic heterocycles. The smallest absolute Gasteiger partial charge is 0.293 e. The van der Waals surface area contributed by atoms with Gasteiger partial charge in [0.2, 0.25) is 0 Å². The van der Waals surface area contributed by atoms with Crippen molar-refractivity contribution in [3.63, 3.8) is 0 Å². The maximum absolute atomic E-state index is 12.7. The van der Waals surface area contributed by atoms with E-state index in [1.165, 1.54) is 0 Å². The van der Waals surface area contributed by atoms with Crippen LogP contribution in [0.5, 0.6) is 0 Å². The lowest BCUT2D eigenvalue weighted by molar-refractivity contribution is -0.137. The molecule has 1 nitrogen and oxygen atoms in total. The van der Waals surface area contributed by atoms with E-state index in [1.807, 2.05) is 0 Å². The number of hydrogen-bond donors (Lipinski definition) is 0. The summed E-state index contributed by atoms with van der Waals surface area (Å²) in [5, 5.41) is -0.493. The molecule has 0 aliphatic carbocycles. The van der Waals surface area contributed by atoms with Crippen molar-refractivity contribution < 1.29 is 18.0 Å². The maximum atomic E-state index is 12.7. The maximum Gasteiger partial charge on any atom is 0.418 e. The highest BCUT2D eigenvalue weighted by Crippen LogP contribution is 2.38. The highest BCUT2D eigenvalue weighted by molar-refractivity contribution is 14.1. The Balaban J connectivity index is 3.51. The van der Waals surface area contributed by atoms with Crippen LogP contribution in [0.3, 0.4) is 0 Å². The van der Waals surface area contributed by atoms with Crippen molar-refractivity contribution in [2.24, 2.45) is 0 Å². The molecule has 0 saturated carbocycles. The van der Waals surface area contributed by atoms with Crippen molar-refractivity contribution in [1.29, 1.82) is 0 Å². The van der Waals surface area contributed by atoms with Gasteiger partial charge in [0.15, 0.2) is 5.78 Å². The van der Waals surface area contributed by atoms with E-state index in [4.69, 9.17) is 23.2 Å². The minimum absolute atomic E-state index is 0.448. The number of benzene rings is 1. The summed E-state index contributed by atoms with van der Waals surface area (Å²) < 4.78 is 38.4. The summed E-state index contributed by atoms with van der Waals surface area (Å²) in [5.74, 6) is -1.31. The summed E-state index contributed by atoms with van der Waals surface area (Å²) in [5.41, 5.74) is -1.61. The van der Waals surface area contributed by atoms with E-state index < -0.39 is 34.0 Å². The largest absolute Gasteiger partial charge is 0.418 e. The number of carbonyl (C=O) groups excluding carboxylic acids is 1. The number of carbonyl (C=O) groups is 1. The zero-order valence-corrected chi connectivity index (χ0v) is 11.2. The molecular formula is C9H4Cl2F3IO. The summed E-state index contributed by atoms with van der Waals surface area (Å²) in [7, 11) is 0. The first kappa shape index (κ1) is 14.1. The predicted octanol–water partition coefficient (Wildman–Crippen LogP) is 4.38. The zero-order valence-electron chi connectivity index (χ0n) is 7.54. The van der Waals surface area contributed by atoms with Gasteiger partial charge in [0.25, 0.3) is 0 Å². The molecule has 7 heteroatoms. The third-order valence-electron chi connectivity index (χ3n) is 1.76. The van der Waals surface area contributed by atoms with Crippen molar-refractivity contribution >= 4 is 51.6 Å². The van der Waals surface area contributed by atoms with Gasteiger partial charge in [0, 0.05) is 9.13 Å². The summed E-state index contributed by atoms with van der Waals surface area (Å²) in [6, 6.07) is 2.27. The van der Waals surface area contributed by atoms with Gasteiger partial charge in [-0.15, -0.1) is 11.6 Å². The van der Waals surface area contributed by atoms with Crippen LogP contribution in [0.25, 0.3) is 0 Å². The third-order valence-corrected chi connectivity index (χ3v) is 2.92. The number of alkyl halides is 4. The Kier molecular flexibility index (Phi) is 4.48. The van der Waals surface area contributed by atoms with Crippen molar-refractivity contribution in [2.45, 2.75) is 6.18 Å². The van der Waals surface area contributed by atoms with Crippen LogP contribution in [-0.4, -0.2) is 11.7 Å². The summed E-state index contributed by atoms with van der Waals surface area (Å²) in [6.45, 7) is 0. The molecule has 1 aromatic rings. The minimum Gasteiger partial charge on any atom is -0.293 e. The Morgan fingerprint density at radius 3 is 2.38 bits per heavy atom. The lowest BCUT2D eigenvalue weighted by atomic mass is 10.0. The second-order valence-corrected chi connectivity index (χ2v) is 4.78. The minimum atomic E-state index is -4.67. The van der Waals surface area contributed by atoms with Gasteiger partial charge in [-0.2, -0.15) is 13.2 Å². The molecule has 1 aromatic carbocycles. The highest BCUT2D eigenvalue weighted by atomic mass is 127. The van der Waals surface area contributed by atoms with Crippen molar-refractivity contribution in [3.05, 3.63) is 31.9 Å². The number of halogens is 6. The van der Waals surface area contributed by atoms with Gasteiger partial charge >= 0.3 is 6.18 Å². The van der Waals surface area contributed by atoms with Crippen LogP contribution in [0, 0.1) is 3.57 Å².